The van der Waals surface area contributed by atoms with Crippen LogP contribution in [0, 0.1) is 0 Å². The van der Waals surface area contributed by atoms with Crippen LogP contribution in [0.15, 0.2) is 73.6 Å². The Morgan fingerprint density at radius 3 is 2.30 bits per heavy atom. The number of aliphatic hydroxyl groups is 1. The lowest BCUT2D eigenvalue weighted by Crippen LogP contribution is -1.96. The Morgan fingerprint density at radius 1 is 1.13 bits per heavy atom. The summed E-state index contributed by atoms with van der Waals surface area (Å²) >= 11 is 5.66. The summed E-state index contributed by atoms with van der Waals surface area (Å²) in [5.74, 6) is -2.92. The zero-order valence-electron chi connectivity index (χ0n) is 11.2. The van der Waals surface area contributed by atoms with Gasteiger partial charge in [0.25, 0.3) is 10.1 Å². The quantitative estimate of drug-likeness (QED) is 0.612. The minimum atomic E-state index is -4.33. The molecule has 0 atom stereocenters. The molecule has 2 rings (SSSR count). The van der Waals surface area contributed by atoms with Gasteiger partial charge in [-0.2, -0.15) is 13.5 Å². The van der Waals surface area contributed by atoms with Gasteiger partial charge in [0.05, 0.1) is 17.0 Å². The highest BCUT2D eigenvalue weighted by molar-refractivity contribution is 7.85. The van der Waals surface area contributed by atoms with E-state index in [1.54, 1.807) is 0 Å². The fraction of sp³-hybridized carbons (Fsp3) is 0.0769. The summed E-state index contributed by atoms with van der Waals surface area (Å²) in [6.07, 6.45) is 0.172. The maximum Gasteiger partial charge on any atom is 0.294 e. The van der Waals surface area contributed by atoms with Crippen molar-refractivity contribution in [2.24, 2.45) is 10.2 Å². The van der Waals surface area contributed by atoms with Crippen LogP contribution in [0.2, 0.25) is 0 Å². The van der Waals surface area contributed by atoms with Gasteiger partial charge in [0.2, 0.25) is 0 Å². The number of rotatable bonds is 3. The fourth-order valence-electron chi connectivity index (χ4n) is 1.61. The molecule has 23 heavy (non-hydrogen) atoms. The SMILES string of the molecule is O=S(=O)(O)c1ccc(/N=N/C2=C(Cl)C(F)=C(O)CC(F)=C2)cc1. The van der Waals surface area contributed by atoms with Crippen molar-refractivity contribution in [2.45, 2.75) is 11.3 Å². The second-order valence-corrected chi connectivity index (χ2v) is 6.20. The van der Waals surface area contributed by atoms with Gasteiger partial charge in [-0.1, -0.05) is 11.6 Å². The molecule has 0 amide bonds. The molecule has 10 heteroatoms. The largest absolute Gasteiger partial charge is 0.509 e. The molecule has 0 fully saturated rings. The van der Waals surface area contributed by atoms with E-state index in [-0.39, 0.29) is 16.3 Å². The summed E-state index contributed by atoms with van der Waals surface area (Å²) < 4.78 is 57.6. The Balaban J connectivity index is 2.34. The molecular formula is C13H9ClF2N2O4S. The molecule has 1 aromatic rings. The average Bonchev–Trinajstić information content (AvgIpc) is 2.57. The minimum absolute atomic E-state index is 0.154. The van der Waals surface area contributed by atoms with Crippen LogP contribution in [0.3, 0.4) is 0 Å². The van der Waals surface area contributed by atoms with E-state index in [4.69, 9.17) is 16.2 Å². The maximum atomic E-state index is 13.6. The molecule has 0 saturated heterocycles. The number of hydrogen-bond acceptors (Lipinski definition) is 5. The van der Waals surface area contributed by atoms with Gasteiger partial charge in [0.15, 0.2) is 5.83 Å². The Labute approximate surface area is 134 Å². The summed E-state index contributed by atoms with van der Waals surface area (Å²) in [6.45, 7) is 0. The summed E-state index contributed by atoms with van der Waals surface area (Å²) in [7, 11) is -4.33. The van der Waals surface area contributed by atoms with E-state index in [2.05, 4.69) is 10.2 Å². The lowest BCUT2D eigenvalue weighted by Gasteiger charge is -1.99. The second-order valence-electron chi connectivity index (χ2n) is 4.40. The van der Waals surface area contributed by atoms with Gasteiger partial charge in [-0.15, -0.1) is 5.11 Å². The number of allylic oxidation sites excluding steroid dienone is 4. The van der Waals surface area contributed by atoms with Gasteiger partial charge in [-0.25, -0.2) is 8.78 Å². The van der Waals surface area contributed by atoms with E-state index in [0.29, 0.717) is 0 Å². The minimum Gasteiger partial charge on any atom is -0.509 e. The third-order valence-electron chi connectivity index (χ3n) is 2.71. The summed E-state index contributed by atoms with van der Waals surface area (Å²) in [6, 6.07) is 4.61. The van der Waals surface area contributed by atoms with Gasteiger partial charge < -0.3 is 5.11 Å². The highest BCUT2D eigenvalue weighted by Gasteiger charge is 2.19. The maximum absolute atomic E-state index is 13.6. The van der Waals surface area contributed by atoms with E-state index >= 15 is 0 Å². The van der Waals surface area contributed by atoms with Crippen LogP contribution in [-0.4, -0.2) is 18.1 Å². The van der Waals surface area contributed by atoms with Crippen LogP contribution in [0.25, 0.3) is 0 Å². The van der Waals surface area contributed by atoms with Gasteiger partial charge in [-0.3, -0.25) is 4.55 Å². The first-order valence-corrected chi connectivity index (χ1v) is 7.83. The lowest BCUT2D eigenvalue weighted by molar-refractivity contribution is 0.362. The molecule has 6 nitrogen and oxygen atoms in total. The van der Waals surface area contributed by atoms with Gasteiger partial charge in [0.1, 0.15) is 22.3 Å². The predicted molar refractivity (Wildman–Crippen MR) is 78.2 cm³/mol. The molecule has 0 saturated carbocycles. The van der Waals surface area contributed by atoms with Crippen molar-refractivity contribution in [1.82, 2.24) is 0 Å². The smallest absolute Gasteiger partial charge is 0.294 e. The van der Waals surface area contributed by atoms with Crippen molar-refractivity contribution in [3.63, 3.8) is 0 Å². The molecule has 0 radical (unpaired) electrons. The number of nitrogens with zero attached hydrogens (tertiary/aromatic N) is 2. The fourth-order valence-corrected chi connectivity index (χ4v) is 2.29. The predicted octanol–water partition coefficient (Wildman–Crippen LogP) is 4.46. The highest BCUT2D eigenvalue weighted by Crippen LogP contribution is 2.32. The van der Waals surface area contributed by atoms with Crippen molar-refractivity contribution < 1.29 is 26.9 Å². The van der Waals surface area contributed by atoms with Crippen LogP contribution in [-0.2, 0) is 10.1 Å². The molecule has 0 spiro atoms. The van der Waals surface area contributed by atoms with Crippen molar-refractivity contribution in [2.75, 3.05) is 0 Å². The Bertz CT molecular complexity index is 858. The number of hydrogen-bond donors (Lipinski definition) is 2. The molecule has 1 aliphatic rings. The second kappa shape index (κ2) is 6.57. The molecule has 0 heterocycles. The Hall–Kier alpha value is -2.10. The van der Waals surface area contributed by atoms with Gasteiger partial charge in [-0.05, 0) is 30.3 Å². The normalized spacial score (nSPS) is 16.8. The van der Waals surface area contributed by atoms with Crippen LogP contribution in [0.4, 0.5) is 14.5 Å². The van der Waals surface area contributed by atoms with Crippen molar-refractivity contribution >= 4 is 27.4 Å². The third-order valence-corrected chi connectivity index (χ3v) is 3.94. The Kier molecular flexibility index (Phi) is 4.93. The van der Waals surface area contributed by atoms with Crippen LogP contribution in [0.1, 0.15) is 6.42 Å². The lowest BCUT2D eigenvalue weighted by atomic mass is 10.3. The van der Waals surface area contributed by atoms with E-state index in [9.17, 15) is 22.3 Å². The zero-order chi connectivity index (χ0) is 17.2. The summed E-state index contributed by atoms with van der Waals surface area (Å²) in [5.41, 5.74) is -0.189. The molecule has 0 bridgehead atoms. The van der Waals surface area contributed by atoms with E-state index in [1.165, 1.54) is 12.1 Å². The van der Waals surface area contributed by atoms with E-state index in [0.717, 1.165) is 18.2 Å². The number of azo groups is 1. The van der Waals surface area contributed by atoms with Crippen molar-refractivity contribution in [3.8, 4) is 0 Å². The number of aliphatic hydroxyl groups excluding tert-OH is 1. The molecule has 1 aromatic carbocycles. The number of halogens is 3. The van der Waals surface area contributed by atoms with Gasteiger partial charge in [0, 0.05) is 0 Å². The summed E-state index contributed by atoms with van der Waals surface area (Å²) in [5, 5.41) is 15.9. The third kappa shape index (κ3) is 4.21. The first-order valence-electron chi connectivity index (χ1n) is 6.01. The molecule has 2 N–H and O–H groups in total. The van der Waals surface area contributed by atoms with E-state index in [1.807, 2.05) is 0 Å². The molecule has 1 aliphatic carbocycles. The molecule has 0 unspecified atom stereocenters. The molecule has 0 aliphatic heterocycles. The van der Waals surface area contributed by atoms with Crippen LogP contribution < -0.4 is 0 Å². The average molecular weight is 363 g/mol. The topological polar surface area (TPSA) is 99.3 Å². The first-order chi connectivity index (χ1) is 10.7. The first kappa shape index (κ1) is 17.3. The number of benzene rings is 1. The van der Waals surface area contributed by atoms with Crippen molar-refractivity contribution in [3.05, 3.63) is 58.5 Å². The van der Waals surface area contributed by atoms with Crippen molar-refractivity contribution in [1.29, 1.82) is 0 Å². The monoisotopic (exact) mass is 362 g/mol. The molecule has 0 aromatic heterocycles. The molecular weight excluding hydrogens is 354 g/mol. The standard InChI is InChI=1S/C13H9ClF2N2O4S/c14-12-10(5-7(15)6-11(19)13(12)16)18-17-8-1-3-9(4-2-8)23(20,21)22/h1-5,19H,6H2,(H,20,21,22)/b18-17+. The van der Waals surface area contributed by atoms with E-state index < -0.39 is 39.0 Å². The zero-order valence-corrected chi connectivity index (χ0v) is 12.8. The molecule has 122 valence electrons. The van der Waals surface area contributed by atoms with Crippen LogP contribution >= 0.6 is 11.6 Å². The van der Waals surface area contributed by atoms with Crippen LogP contribution in [0.5, 0.6) is 0 Å². The summed E-state index contributed by atoms with van der Waals surface area (Å²) in [4.78, 5) is -0.340. The van der Waals surface area contributed by atoms with Gasteiger partial charge >= 0.3 is 0 Å². The highest BCUT2D eigenvalue weighted by atomic mass is 35.5. The Morgan fingerprint density at radius 2 is 1.74 bits per heavy atom.